The van der Waals surface area contributed by atoms with Gasteiger partial charge >= 0.3 is 0 Å². The van der Waals surface area contributed by atoms with Crippen molar-refractivity contribution >= 4 is 17.5 Å². The van der Waals surface area contributed by atoms with Gasteiger partial charge in [0.2, 0.25) is 0 Å². The molecule has 21 heavy (non-hydrogen) atoms. The number of amides is 1. The highest BCUT2D eigenvalue weighted by molar-refractivity contribution is 6.32. The molecular formula is C16H24ClNO3. The van der Waals surface area contributed by atoms with Gasteiger partial charge in [-0.05, 0) is 37.3 Å². The van der Waals surface area contributed by atoms with Crippen LogP contribution in [0, 0.1) is 5.41 Å². The number of carbonyl (C=O) groups excluding carboxylic acids is 1. The predicted molar refractivity (Wildman–Crippen MR) is 84.7 cm³/mol. The molecule has 1 aromatic carbocycles. The second-order valence-electron chi connectivity index (χ2n) is 5.90. The van der Waals surface area contributed by atoms with Crippen molar-refractivity contribution in [3.05, 3.63) is 29.3 Å². The lowest BCUT2D eigenvalue weighted by molar-refractivity contribution is -0.127. The maximum atomic E-state index is 12.1. The number of halogens is 1. The van der Waals surface area contributed by atoms with E-state index in [9.17, 15) is 4.79 Å². The Morgan fingerprint density at radius 2 is 2.10 bits per heavy atom. The molecule has 0 aromatic heterocycles. The lowest BCUT2D eigenvalue weighted by Crippen LogP contribution is -2.41. The van der Waals surface area contributed by atoms with E-state index in [1.807, 2.05) is 12.1 Å². The van der Waals surface area contributed by atoms with Crippen LogP contribution in [0.25, 0.3) is 0 Å². The second-order valence-corrected chi connectivity index (χ2v) is 6.31. The van der Waals surface area contributed by atoms with Gasteiger partial charge in [-0.25, -0.2) is 0 Å². The molecule has 0 saturated carbocycles. The Kier molecular flexibility index (Phi) is 6.99. The van der Waals surface area contributed by atoms with Crippen molar-refractivity contribution in [1.82, 2.24) is 5.32 Å². The van der Waals surface area contributed by atoms with Crippen LogP contribution in [0.5, 0.6) is 5.75 Å². The molecule has 1 aromatic rings. The van der Waals surface area contributed by atoms with E-state index in [-0.39, 0.29) is 17.9 Å². The summed E-state index contributed by atoms with van der Waals surface area (Å²) in [4.78, 5) is 12.1. The van der Waals surface area contributed by atoms with Crippen LogP contribution < -0.4 is 10.1 Å². The lowest BCUT2D eigenvalue weighted by Gasteiger charge is -2.25. The van der Waals surface area contributed by atoms with E-state index in [0.29, 0.717) is 17.3 Å². The Morgan fingerprint density at radius 1 is 1.43 bits per heavy atom. The first-order valence-electron chi connectivity index (χ1n) is 7.15. The van der Waals surface area contributed by atoms with Gasteiger partial charge in [-0.3, -0.25) is 4.79 Å². The van der Waals surface area contributed by atoms with Crippen LogP contribution >= 0.6 is 11.6 Å². The van der Waals surface area contributed by atoms with Crippen molar-refractivity contribution in [1.29, 1.82) is 0 Å². The van der Waals surface area contributed by atoms with E-state index in [1.165, 1.54) is 0 Å². The molecular weight excluding hydrogens is 290 g/mol. The van der Waals surface area contributed by atoms with Gasteiger partial charge in [0.15, 0.2) is 6.10 Å². The van der Waals surface area contributed by atoms with Crippen molar-refractivity contribution in [2.75, 3.05) is 13.2 Å². The summed E-state index contributed by atoms with van der Waals surface area (Å²) in [7, 11) is 0. The molecule has 0 aliphatic carbocycles. The number of rotatable bonds is 8. The number of hydrogen-bond acceptors (Lipinski definition) is 3. The Labute approximate surface area is 131 Å². The molecule has 0 radical (unpaired) electrons. The van der Waals surface area contributed by atoms with E-state index in [4.69, 9.17) is 21.4 Å². The molecule has 1 unspecified atom stereocenters. The van der Waals surface area contributed by atoms with Crippen molar-refractivity contribution in [3.63, 3.8) is 0 Å². The van der Waals surface area contributed by atoms with Crippen LogP contribution in [0.2, 0.25) is 5.02 Å². The first-order chi connectivity index (χ1) is 9.85. The first-order valence-corrected chi connectivity index (χ1v) is 7.53. The average Bonchev–Trinajstić information content (AvgIpc) is 2.45. The molecule has 0 aliphatic heterocycles. The molecule has 0 spiro atoms. The number of aliphatic hydroxyl groups is 1. The van der Waals surface area contributed by atoms with Gasteiger partial charge in [0.05, 0.1) is 5.02 Å². The Bertz CT molecular complexity index is 463. The van der Waals surface area contributed by atoms with E-state index in [0.717, 1.165) is 12.8 Å². The van der Waals surface area contributed by atoms with Crippen LogP contribution in [0.4, 0.5) is 0 Å². The third kappa shape index (κ3) is 6.36. The van der Waals surface area contributed by atoms with Crippen molar-refractivity contribution < 1.29 is 14.6 Å². The van der Waals surface area contributed by atoms with Crippen LogP contribution in [-0.2, 0) is 4.79 Å². The second kappa shape index (κ2) is 8.25. The van der Waals surface area contributed by atoms with Crippen LogP contribution in [0.15, 0.2) is 24.3 Å². The van der Waals surface area contributed by atoms with Crippen LogP contribution in [0.1, 0.15) is 33.6 Å². The van der Waals surface area contributed by atoms with Crippen molar-refractivity contribution in [2.24, 2.45) is 5.41 Å². The summed E-state index contributed by atoms with van der Waals surface area (Å²) < 4.78 is 5.57. The highest BCUT2D eigenvalue weighted by atomic mass is 35.5. The van der Waals surface area contributed by atoms with Crippen LogP contribution in [-0.4, -0.2) is 30.3 Å². The number of ether oxygens (including phenoxy) is 1. The molecule has 4 nitrogen and oxygen atoms in total. The molecule has 118 valence electrons. The van der Waals surface area contributed by atoms with Gasteiger partial charge < -0.3 is 15.2 Å². The van der Waals surface area contributed by atoms with Crippen molar-refractivity contribution in [3.8, 4) is 5.75 Å². The maximum absolute atomic E-state index is 12.1. The standard InChI is InChI=1S/C16H24ClNO3/c1-12(21-14-8-5-4-7-13(14)17)15(20)18-11-16(2,3)9-6-10-19/h4-5,7-8,12,19H,6,9-11H2,1-3H3,(H,18,20). The van der Waals surface area contributed by atoms with E-state index in [2.05, 4.69) is 19.2 Å². The average molecular weight is 314 g/mol. The molecule has 2 N–H and O–H groups in total. The zero-order valence-electron chi connectivity index (χ0n) is 12.9. The van der Waals surface area contributed by atoms with Crippen molar-refractivity contribution in [2.45, 2.75) is 39.7 Å². The Morgan fingerprint density at radius 3 is 2.71 bits per heavy atom. The van der Waals surface area contributed by atoms with Crippen LogP contribution in [0.3, 0.4) is 0 Å². The summed E-state index contributed by atoms with van der Waals surface area (Å²) in [5.74, 6) is 0.327. The molecule has 0 bridgehead atoms. The summed E-state index contributed by atoms with van der Waals surface area (Å²) in [5.41, 5.74) is -0.0531. The van der Waals surface area contributed by atoms with E-state index < -0.39 is 6.10 Å². The molecule has 1 amide bonds. The minimum absolute atomic E-state index is 0.0531. The van der Waals surface area contributed by atoms with E-state index >= 15 is 0 Å². The summed E-state index contributed by atoms with van der Waals surface area (Å²) in [6.07, 6.45) is 0.969. The fourth-order valence-electron chi connectivity index (χ4n) is 1.90. The highest BCUT2D eigenvalue weighted by Crippen LogP contribution is 2.24. The third-order valence-corrected chi connectivity index (χ3v) is 3.57. The zero-order chi connectivity index (χ0) is 15.9. The third-order valence-electron chi connectivity index (χ3n) is 3.26. The fraction of sp³-hybridized carbons (Fsp3) is 0.562. The monoisotopic (exact) mass is 313 g/mol. The van der Waals surface area contributed by atoms with E-state index in [1.54, 1.807) is 19.1 Å². The molecule has 1 rings (SSSR count). The summed E-state index contributed by atoms with van der Waals surface area (Å²) in [5, 5.41) is 12.2. The van der Waals surface area contributed by atoms with Gasteiger partial charge in [-0.15, -0.1) is 0 Å². The number of nitrogens with one attached hydrogen (secondary N) is 1. The number of hydrogen-bond donors (Lipinski definition) is 2. The maximum Gasteiger partial charge on any atom is 0.260 e. The van der Waals surface area contributed by atoms with Gasteiger partial charge in [-0.1, -0.05) is 37.6 Å². The molecule has 5 heteroatoms. The number of benzene rings is 1. The van der Waals surface area contributed by atoms with Gasteiger partial charge in [0.25, 0.3) is 5.91 Å². The first kappa shape index (κ1) is 17.8. The SMILES string of the molecule is CC(Oc1ccccc1Cl)C(=O)NCC(C)(C)CCCO. The minimum atomic E-state index is -0.612. The van der Waals surface area contributed by atoms with Gasteiger partial charge in [0.1, 0.15) is 5.75 Å². The number of para-hydroxylation sites is 1. The topological polar surface area (TPSA) is 58.6 Å². The van der Waals surface area contributed by atoms with Gasteiger partial charge in [-0.2, -0.15) is 0 Å². The molecule has 0 aliphatic rings. The summed E-state index contributed by atoms with van der Waals surface area (Å²) in [6, 6.07) is 7.07. The normalized spacial score (nSPS) is 12.8. The number of aliphatic hydroxyl groups excluding tert-OH is 1. The minimum Gasteiger partial charge on any atom is -0.479 e. The molecule has 0 heterocycles. The highest BCUT2D eigenvalue weighted by Gasteiger charge is 2.21. The molecule has 1 atom stereocenters. The molecule has 0 saturated heterocycles. The lowest BCUT2D eigenvalue weighted by atomic mass is 9.88. The summed E-state index contributed by atoms with van der Waals surface area (Å²) >= 11 is 6.00. The van der Waals surface area contributed by atoms with Gasteiger partial charge in [0, 0.05) is 13.2 Å². The fourth-order valence-corrected chi connectivity index (χ4v) is 2.08. The quantitative estimate of drug-likeness (QED) is 0.775. The zero-order valence-corrected chi connectivity index (χ0v) is 13.6. The Balaban J connectivity index is 2.46. The number of carbonyl (C=O) groups is 1. The molecule has 0 fully saturated rings. The Hall–Kier alpha value is -1.26. The largest absolute Gasteiger partial charge is 0.479 e. The smallest absolute Gasteiger partial charge is 0.260 e. The summed E-state index contributed by atoms with van der Waals surface area (Å²) in [6.45, 7) is 6.52. The predicted octanol–water partition coefficient (Wildman–Crippen LogP) is 3.02.